The van der Waals surface area contributed by atoms with Crippen molar-refractivity contribution in [3.8, 4) is 0 Å². The van der Waals surface area contributed by atoms with E-state index in [0.29, 0.717) is 0 Å². The first-order valence-corrected chi connectivity index (χ1v) is 3.35. The molecule has 0 aromatic carbocycles. The van der Waals surface area contributed by atoms with Gasteiger partial charge in [-0.1, -0.05) is 0 Å². The molecular weight excluding hydrogens is 204 g/mol. The number of rotatable bonds is 7. The molecule has 0 heterocycles. The number of aliphatic hydroxyl groups excluding tert-OH is 2. The summed E-state index contributed by atoms with van der Waals surface area (Å²) in [5.74, 6) is 0. The summed E-state index contributed by atoms with van der Waals surface area (Å²) in [4.78, 5) is 27.4. The summed E-state index contributed by atoms with van der Waals surface area (Å²) in [5, 5.41) is 34.3. The molecule has 0 fully saturated rings. The fourth-order valence-electron chi connectivity index (χ4n) is 0.659. The molecule has 0 aliphatic carbocycles. The molecule has 14 heavy (non-hydrogen) atoms. The summed E-state index contributed by atoms with van der Waals surface area (Å²) in [6.07, 6.45) is -3.19. The van der Waals surface area contributed by atoms with Crippen molar-refractivity contribution in [2.24, 2.45) is 0 Å². The SMILES string of the molecule is O=[N+]([O-])OC(CO)C(CO)O[N+](=O)[O-]. The first-order chi connectivity index (χ1) is 6.51. The molecule has 0 aromatic rings. The maximum Gasteiger partial charge on any atom is 0.294 e. The highest BCUT2D eigenvalue weighted by Gasteiger charge is 2.27. The Hall–Kier alpha value is -1.68. The lowest BCUT2D eigenvalue weighted by molar-refractivity contribution is -0.799. The summed E-state index contributed by atoms with van der Waals surface area (Å²) in [6.45, 7) is -1.78. The Morgan fingerprint density at radius 2 is 1.29 bits per heavy atom. The van der Waals surface area contributed by atoms with Crippen LogP contribution in [0.2, 0.25) is 0 Å². The molecule has 0 aromatic heterocycles. The lowest BCUT2D eigenvalue weighted by Gasteiger charge is -2.19. The molecule has 2 atom stereocenters. The Balaban J connectivity index is 4.28. The summed E-state index contributed by atoms with van der Waals surface area (Å²) < 4.78 is 0. The zero-order valence-corrected chi connectivity index (χ0v) is 6.81. The van der Waals surface area contributed by atoms with Gasteiger partial charge in [0.25, 0.3) is 10.2 Å². The first-order valence-electron chi connectivity index (χ1n) is 3.35. The predicted octanol–water partition coefficient (Wildman–Crippen LogP) is -1.88. The van der Waals surface area contributed by atoms with Gasteiger partial charge in [-0.2, -0.15) is 0 Å². The number of aliphatic hydroxyl groups is 2. The van der Waals surface area contributed by atoms with Crippen LogP contribution in [0.25, 0.3) is 0 Å². The summed E-state index contributed by atoms with van der Waals surface area (Å²) in [7, 11) is 0. The monoisotopic (exact) mass is 212 g/mol. The van der Waals surface area contributed by atoms with Crippen molar-refractivity contribution < 1.29 is 30.1 Å². The van der Waals surface area contributed by atoms with E-state index < -0.39 is 35.6 Å². The third-order valence-corrected chi connectivity index (χ3v) is 1.22. The molecule has 2 N–H and O–H groups in total. The fraction of sp³-hybridized carbons (Fsp3) is 1.00. The largest absolute Gasteiger partial charge is 0.394 e. The average Bonchev–Trinajstić information content (AvgIpc) is 2.10. The van der Waals surface area contributed by atoms with Crippen molar-refractivity contribution in [3.05, 3.63) is 20.2 Å². The fourth-order valence-corrected chi connectivity index (χ4v) is 0.659. The third kappa shape index (κ3) is 4.37. The highest BCUT2D eigenvalue weighted by Crippen LogP contribution is 2.03. The quantitative estimate of drug-likeness (QED) is 0.368. The van der Waals surface area contributed by atoms with Crippen molar-refractivity contribution in [1.29, 1.82) is 0 Å². The zero-order chi connectivity index (χ0) is 11.1. The van der Waals surface area contributed by atoms with Gasteiger partial charge < -0.3 is 19.9 Å². The zero-order valence-electron chi connectivity index (χ0n) is 6.81. The molecule has 2 unspecified atom stereocenters. The molecule has 82 valence electrons. The van der Waals surface area contributed by atoms with Crippen LogP contribution in [0.5, 0.6) is 0 Å². The lowest BCUT2D eigenvalue weighted by Crippen LogP contribution is -2.40. The number of nitrogens with zero attached hydrogens (tertiary/aromatic N) is 2. The summed E-state index contributed by atoms with van der Waals surface area (Å²) in [6, 6.07) is 0. The minimum Gasteiger partial charge on any atom is -0.394 e. The molecule has 10 heteroatoms. The van der Waals surface area contributed by atoms with Crippen molar-refractivity contribution >= 4 is 0 Å². The highest BCUT2D eigenvalue weighted by molar-refractivity contribution is 4.65. The average molecular weight is 212 g/mol. The van der Waals surface area contributed by atoms with Crippen LogP contribution in [0.15, 0.2) is 0 Å². The molecule has 0 saturated carbocycles. The van der Waals surface area contributed by atoms with Gasteiger partial charge in [0.1, 0.15) is 0 Å². The van der Waals surface area contributed by atoms with Gasteiger partial charge in [0.2, 0.25) is 0 Å². The number of hydrogen-bond acceptors (Lipinski definition) is 8. The van der Waals surface area contributed by atoms with E-state index in [9.17, 15) is 20.2 Å². The van der Waals surface area contributed by atoms with E-state index in [-0.39, 0.29) is 0 Å². The second-order valence-corrected chi connectivity index (χ2v) is 2.10. The van der Waals surface area contributed by atoms with Gasteiger partial charge >= 0.3 is 0 Å². The van der Waals surface area contributed by atoms with Gasteiger partial charge in [-0.15, -0.1) is 20.2 Å². The van der Waals surface area contributed by atoms with E-state index in [0.717, 1.165) is 0 Å². The Kier molecular flexibility index (Phi) is 5.17. The van der Waals surface area contributed by atoms with Gasteiger partial charge in [0.15, 0.2) is 12.2 Å². The van der Waals surface area contributed by atoms with Crippen molar-refractivity contribution in [2.45, 2.75) is 12.2 Å². The first kappa shape index (κ1) is 12.3. The molecule has 0 saturated heterocycles. The van der Waals surface area contributed by atoms with Crippen LogP contribution in [0.4, 0.5) is 0 Å². The Morgan fingerprint density at radius 3 is 1.43 bits per heavy atom. The maximum absolute atomic E-state index is 9.84. The molecule has 10 nitrogen and oxygen atoms in total. The van der Waals surface area contributed by atoms with E-state index in [4.69, 9.17) is 10.2 Å². The highest BCUT2D eigenvalue weighted by atomic mass is 17.0. The third-order valence-electron chi connectivity index (χ3n) is 1.22. The molecule has 0 amide bonds. The minimum atomic E-state index is -1.60. The van der Waals surface area contributed by atoms with E-state index in [2.05, 4.69) is 9.68 Å². The van der Waals surface area contributed by atoms with Gasteiger partial charge in [-0.3, -0.25) is 0 Å². The molecular formula is C4H8N2O8. The van der Waals surface area contributed by atoms with Crippen molar-refractivity contribution in [1.82, 2.24) is 0 Å². The normalized spacial score (nSPS) is 14.1. The molecule has 0 spiro atoms. The topological polar surface area (TPSA) is 145 Å². The van der Waals surface area contributed by atoms with Gasteiger partial charge in [-0.25, -0.2) is 0 Å². The van der Waals surface area contributed by atoms with Gasteiger partial charge in [0, 0.05) is 0 Å². The van der Waals surface area contributed by atoms with Gasteiger partial charge in [-0.05, 0) is 0 Å². The van der Waals surface area contributed by atoms with Crippen LogP contribution in [0.1, 0.15) is 0 Å². The van der Waals surface area contributed by atoms with Crippen LogP contribution in [-0.4, -0.2) is 45.8 Å². The standard InChI is InChI=1S/C4H8N2O8/c7-1-3(13-5(9)10)4(2-8)14-6(11)12/h3-4,7-8H,1-2H2. The summed E-state index contributed by atoms with van der Waals surface area (Å²) >= 11 is 0. The van der Waals surface area contributed by atoms with Crippen LogP contribution in [0, 0.1) is 20.2 Å². The van der Waals surface area contributed by atoms with E-state index >= 15 is 0 Å². The van der Waals surface area contributed by atoms with Crippen molar-refractivity contribution in [2.75, 3.05) is 13.2 Å². The lowest BCUT2D eigenvalue weighted by atomic mass is 10.2. The summed E-state index contributed by atoms with van der Waals surface area (Å²) in [5.41, 5.74) is 0. The molecule has 0 aliphatic rings. The van der Waals surface area contributed by atoms with Crippen LogP contribution >= 0.6 is 0 Å². The Bertz CT molecular complexity index is 186. The maximum atomic E-state index is 9.84. The Morgan fingerprint density at radius 1 is 1.00 bits per heavy atom. The van der Waals surface area contributed by atoms with Crippen LogP contribution in [0.3, 0.4) is 0 Å². The van der Waals surface area contributed by atoms with Crippen LogP contribution in [-0.2, 0) is 9.68 Å². The second-order valence-electron chi connectivity index (χ2n) is 2.10. The van der Waals surface area contributed by atoms with Gasteiger partial charge in [0.05, 0.1) is 13.2 Å². The van der Waals surface area contributed by atoms with E-state index in [1.165, 1.54) is 0 Å². The smallest absolute Gasteiger partial charge is 0.294 e. The predicted molar refractivity (Wildman–Crippen MR) is 37.9 cm³/mol. The molecule has 0 aliphatic heterocycles. The minimum absolute atomic E-state index is 0.889. The molecule has 0 bridgehead atoms. The van der Waals surface area contributed by atoms with Crippen LogP contribution < -0.4 is 0 Å². The van der Waals surface area contributed by atoms with E-state index in [1.807, 2.05) is 0 Å². The Labute approximate surface area is 76.9 Å². The molecule has 0 rings (SSSR count). The number of hydrogen-bond donors (Lipinski definition) is 2. The van der Waals surface area contributed by atoms with E-state index in [1.54, 1.807) is 0 Å². The second kappa shape index (κ2) is 5.88. The molecule has 0 radical (unpaired) electrons. The van der Waals surface area contributed by atoms with Crippen molar-refractivity contribution in [3.63, 3.8) is 0 Å².